The first-order valence-electron chi connectivity index (χ1n) is 4.59. The third kappa shape index (κ3) is 1.66. The van der Waals surface area contributed by atoms with Crippen molar-refractivity contribution in [2.24, 2.45) is 0 Å². The van der Waals surface area contributed by atoms with Crippen LogP contribution in [0.3, 0.4) is 0 Å². The molecule has 0 atom stereocenters. The molecule has 0 aliphatic heterocycles. The van der Waals surface area contributed by atoms with E-state index in [-0.39, 0.29) is 0 Å². The van der Waals surface area contributed by atoms with Crippen LogP contribution in [0.25, 0.3) is 11.1 Å². The van der Waals surface area contributed by atoms with Gasteiger partial charge in [-0.05, 0) is 17.0 Å². The first kappa shape index (κ1) is 9.28. The normalized spacial score (nSPS) is 10.1. The Balaban J connectivity index is 2.47. The fourth-order valence-electron chi connectivity index (χ4n) is 1.49. The van der Waals surface area contributed by atoms with Crippen LogP contribution in [0.4, 0.5) is 5.00 Å². The lowest BCUT2D eigenvalue weighted by molar-refractivity contribution is 1.16. The van der Waals surface area contributed by atoms with Crippen molar-refractivity contribution in [3.05, 3.63) is 41.8 Å². The predicted molar refractivity (Wildman–Crippen MR) is 64.1 cm³/mol. The van der Waals surface area contributed by atoms with Crippen LogP contribution in [0.2, 0.25) is 0 Å². The van der Waals surface area contributed by atoms with Crippen molar-refractivity contribution in [3.8, 4) is 11.1 Å². The Morgan fingerprint density at radius 3 is 2.36 bits per heavy atom. The summed E-state index contributed by atoms with van der Waals surface area (Å²) in [6, 6.07) is 12.7. The highest BCUT2D eigenvalue weighted by molar-refractivity contribution is 7.14. The second-order valence-electron chi connectivity index (χ2n) is 3.40. The van der Waals surface area contributed by atoms with Crippen LogP contribution in [0.1, 0.15) is 0 Å². The highest BCUT2D eigenvalue weighted by Gasteiger charge is 2.07. The van der Waals surface area contributed by atoms with E-state index in [1.54, 1.807) is 11.3 Å². The lowest BCUT2D eigenvalue weighted by Crippen LogP contribution is -2.07. The summed E-state index contributed by atoms with van der Waals surface area (Å²) < 4.78 is 0. The van der Waals surface area contributed by atoms with Crippen molar-refractivity contribution >= 4 is 16.3 Å². The van der Waals surface area contributed by atoms with Gasteiger partial charge < -0.3 is 4.90 Å². The number of thiophene rings is 1. The number of hydrogen-bond donors (Lipinski definition) is 0. The SMILES string of the molecule is CN(C)c1sccc1-c1ccccc1. The molecule has 0 fully saturated rings. The standard InChI is InChI=1S/C12H13NS/c1-13(2)12-11(8-9-14-12)10-6-4-3-5-7-10/h3-9H,1-2H3. The predicted octanol–water partition coefficient (Wildman–Crippen LogP) is 3.48. The van der Waals surface area contributed by atoms with Gasteiger partial charge in [0.2, 0.25) is 0 Å². The summed E-state index contributed by atoms with van der Waals surface area (Å²) in [5.74, 6) is 0. The van der Waals surface area contributed by atoms with Gasteiger partial charge >= 0.3 is 0 Å². The van der Waals surface area contributed by atoms with Gasteiger partial charge in [-0.25, -0.2) is 0 Å². The second-order valence-corrected chi connectivity index (χ2v) is 4.29. The molecule has 0 bridgehead atoms. The minimum absolute atomic E-state index is 1.29. The lowest BCUT2D eigenvalue weighted by Gasteiger charge is -2.12. The van der Waals surface area contributed by atoms with Crippen molar-refractivity contribution in [1.29, 1.82) is 0 Å². The average Bonchev–Trinajstić information content (AvgIpc) is 2.67. The molecule has 0 N–H and O–H groups in total. The van der Waals surface area contributed by atoms with E-state index in [1.165, 1.54) is 16.1 Å². The second kappa shape index (κ2) is 3.84. The Hall–Kier alpha value is -1.28. The zero-order chi connectivity index (χ0) is 9.97. The van der Waals surface area contributed by atoms with E-state index in [1.807, 2.05) is 6.07 Å². The molecular formula is C12H13NS. The number of nitrogens with zero attached hydrogens (tertiary/aromatic N) is 1. The Morgan fingerprint density at radius 2 is 1.71 bits per heavy atom. The largest absolute Gasteiger partial charge is 0.369 e. The molecule has 0 saturated carbocycles. The lowest BCUT2D eigenvalue weighted by atomic mass is 10.1. The first-order chi connectivity index (χ1) is 6.79. The summed E-state index contributed by atoms with van der Waals surface area (Å²) in [7, 11) is 4.16. The fourth-order valence-corrected chi connectivity index (χ4v) is 2.34. The smallest absolute Gasteiger partial charge is 0.0983 e. The van der Waals surface area contributed by atoms with Crippen molar-refractivity contribution in [2.75, 3.05) is 19.0 Å². The quantitative estimate of drug-likeness (QED) is 0.722. The molecule has 72 valence electrons. The van der Waals surface area contributed by atoms with E-state index >= 15 is 0 Å². The zero-order valence-electron chi connectivity index (χ0n) is 8.40. The van der Waals surface area contributed by atoms with Gasteiger partial charge in [-0.2, -0.15) is 0 Å². The molecule has 1 aromatic heterocycles. The third-order valence-electron chi connectivity index (χ3n) is 2.14. The number of rotatable bonds is 2. The summed E-state index contributed by atoms with van der Waals surface area (Å²) in [5.41, 5.74) is 2.61. The molecule has 14 heavy (non-hydrogen) atoms. The molecule has 2 rings (SSSR count). The summed E-state index contributed by atoms with van der Waals surface area (Å²) in [6.45, 7) is 0. The van der Waals surface area contributed by atoms with E-state index in [0.29, 0.717) is 0 Å². The van der Waals surface area contributed by atoms with Crippen LogP contribution in [-0.2, 0) is 0 Å². The Kier molecular flexibility index (Phi) is 2.55. The van der Waals surface area contributed by atoms with Crippen LogP contribution in [0.5, 0.6) is 0 Å². The minimum atomic E-state index is 1.29. The van der Waals surface area contributed by atoms with Gasteiger partial charge in [0.15, 0.2) is 0 Å². The maximum Gasteiger partial charge on any atom is 0.0983 e. The molecular weight excluding hydrogens is 190 g/mol. The molecule has 0 saturated heterocycles. The van der Waals surface area contributed by atoms with Gasteiger partial charge in [0.1, 0.15) is 0 Å². The van der Waals surface area contributed by atoms with Gasteiger partial charge in [0.05, 0.1) is 5.00 Å². The van der Waals surface area contributed by atoms with E-state index in [4.69, 9.17) is 0 Å². The van der Waals surface area contributed by atoms with Crippen LogP contribution in [-0.4, -0.2) is 14.1 Å². The van der Waals surface area contributed by atoms with Crippen molar-refractivity contribution in [3.63, 3.8) is 0 Å². The van der Waals surface area contributed by atoms with Crippen molar-refractivity contribution in [1.82, 2.24) is 0 Å². The Bertz CT molecular complexity index is 403. The summed E-state index contributed by atoms with van der Waals surface area (Å²) in [5, 5.41) is 3.45. The van der Waals surface area contributed by atoms with Crippen LogP contribution >= 0.6 is 11.3 Å². The van der Waals surface area contributed by atoms with Gasteiger partial charge in [-0.3, -0.25) is 0 Å². The number of benzene rings is 1. The Labute approximate surface area is 88.6 Å². The highest BCUT2D eigenvalue weighted by atomic mass is 32.1. The molecule has 1 heterocycles. The minimum Gasteiger partial charge on any atom is -0.369 e. The maximum absolute atomic E-state index is 2.18. The topological polar surface area (TPSA) is 3.24 Å². The fraction of sp³-hybridized carbons (Fsp3) is 0.167. The van der Waals surface area contributed by atoms with Crippen LogP contribution in [0, 0.1) is 0 Å². The van der Waals surface area contributed by atoms with E-state index in [0.717, 1.165) is 0 Å². The van der Waals surface area contributed by atoms with E-state index in [2.05, 4.69) is 54.7 Å². The molecule has 1 aromatic carbocycles. The molecule has 1 nitrogen and oxygen atoms in total. The monoisotopic (exact) mass is 203 g/mol. The molecule has 0 radical (unpaired) electrons. The average molecular weight is 203 g/mol. The third-order valence-corrected chi connectivity index (χ3v) is 3.22. The van der Waals surface area contributed by atoms with Gasteiger partial charge in [-0.15, -0.1) is 11.3 Å². The molecule has 0 aliphatic rings. The van der Waals surface area contributed by atoms with Crippen molar-refractivity contribution in [2.45, 2.75) is 0 Å². The summed E-state index contributed by atoms with van der Waals surface area (Å²) in [4.78, 5) is 2.16. The van der Waals surface area contributed by atoms with Gasteiger partial charge in [0, 0.05) is 19.7 Å². The van der Waals surface area contributed by atoms with E-state index in [9.17, 15) is 0 Å². The molecule has 0 amide bonds. The highest BCUT2D eigenvalue weighted by Crippen LogP contribution is 2.34. The summed E-state index contributed by atoms with van der Waals surface area (Å²) >= 11 is 1.78. The molecule has 2 aromatic rings. The molecule has 0 spiro atoms. The molecule has 0 aliphatic carbocycles. The van der Waals surface area contributed by atoms with Crippen LogP contribution < -0.4 is 4.90 Å². The Morgan fingerprint density at radius 1 is 1.00 bits per heavy atom. The van der Waals surface area contributed by atoms with Gasteiger partial charge in [-0.1, -0.05) is 30.3 Å². The number of hydrogen-bond acceptors (Lipinski definition) is 2. The zero-order valence-corrected chi connectivity index (χ0v) is 9.21. The molecule has 0 unspecified atom stereocenters. The maximum atomic E-state index is 2.18. The first-order valence-corrected chi connectivity index (χ1v) is 5.47. The van der Waals surface area contributed by atoms with E-state index < -0.39 is 0 Å². The number of anilines is 1. The molecule has 2 heteroatoms. The van der Waals surface area contributed by atoms with Gasteiger partial charge in [0.25, 0.3) is 0 Å². The van der Waals surface area contributed by atoms with Crippen LogP contribution in [0.15, 0.2) is 41.8 Å². The van der Waals surface area contributed by atoms with Crippen molar-refractivity contribution < 1.29 is 0 Å². The summed E-state index contributed by atoms with van der Waals surface area (Å²) in [6.07, 6.45) is 0.